The molecular weight excluding hydrogens is 186 g/mol. The van der Waals surface area contributed by atoms with E-state index in [1.807, 2.05) is 0 Å². The minimum Gasteiger partial charge on any atom is -0.396 e. The fraction of sp³-hybridized carbons (Fsp3) is 0.538. The van der Waals surface area contributed by atoms with Crippen LogP contribution in [0, 0.1) is 0 Å². The maximum atomic E-state index is 8.77. The number of aryl methyl sites for hydroxylation is 1. The number of aliphatic hydroxyl groups is 1. The van der Waals surface area contributed by atoms with Gasteiger partial charge in [0, 0.05) is 18.3 Å². The van der Waals surface area contributed by atoms with E-state index in [2.05, 4.69) is 29.6 Å². The highest BCUT2D eigenvalue weighted by Gasteiger charge is 2.16. The molecule has 2 nitrogen and oxygen atoms in total. The van der Waals surface area contributed by atoms with Crippen LogP contribution in [0.5, 0.6) is 0 Å². The van der Waals surface area contributed by atoms with Gasteiger partial charge in [0.1, 0.15) is 0 Å². The zero-order valence-corrected chi connectivity index (χ0v) is 9.08. The van der Waals surface area contributed by atoms with Crippen LogP contribution in [0.4, 0.5) is 5.69 Å². The third-order valence-corrected chi connectivity index (χ3v) is 3.03. The molecule has 0 heterocycles. The third kappa shape index (κ3) is 2.96. The van der Waals surface area contributed by atoms with Gasteiger partial charge in [-0.15, -0.1) is 0 Å². The minimum atomic E-state index is 0.278. The molecule has 2 N–H and O–H groups in total. The maximum Gasteiger partial charge on any atom is 0.0434 e. The Morgan fingerprint density at radius 2 is 2.20 bits per heavy atom. The first-order valence-electron chi connectivity index (χ1n) is 5.85. The third-order valence-electron chi connectivity index (χ3n) is 3.03. The summed E-state index contributed by atoms with van der Waals surface area (Å²) in [5.74, 6) is 0. The van der Waals surface area contributed by atoms with E-state index in [0.29, 0.717) is 6.04 Å². The number of nitrogens with one attached hydrogen (secondary N) is 1. The molecule has 0 spiro atoms. The Morgan fingerprint density at radius 1 is 1.33 bits per heavy atom. The lowest BCUT2D eigenvalue weighted by molar-refractivity contribution is 0.288. The van der Waals surface area contributed by atoms with Gasteiger partial charge in [0.15, 0.2) is 0 Å². The fourth-order valence-corrected chi connectivity index (χ4v) is 1.89. The van der Waals surface area contributed by atoms with Gasteiger partial charge in [0.05, 0.1) is 0 Å². The number of benzene rings is 1. The molecule has 1 fully saturated rings. The molecule has 0 aliphatic heterocycles. The molecule has 82 valence electrons. The number of hydrogen-bond acceptors (Lipinski definition) is 2. The first-order chi connectivity index (χ1) is 7.38. The second-order valence-corrected chi connectivity index (χ2v) is 4.30. The van der Waals surface area contributed by atoms with Gasteiger partial charge in [-0.1, -0.05) is 12.1 Å². The summed E-state index contributed by atoms with van der Waals surface area (Å²) < 4.78 is 0. The molecule has 1 aromatic rings. The van der Waals surface area contributed by atoms with Crippen LogP contribution < -0.4 is 5.32 Å². The summed E-state index contributed by atoms with van der Waals surface area (Å²) >= 11 is 0. The average Bonchev–Trinajstić information content (AvgIpc) is 2.21. The molecule has 1 aliphatic rings. The quantitative estimate of drug-likeness (QED) is 0.774. The van der Waals surface area contributed by atoms with E-state index in [4.69, 9.17) is 5.11 Å². The van der Waals surface area contributed by atoms with Crippen molar-refractivity contribution < 1.29 is 5.11 Å². The molecule has 1 aromatic carbocycles. The fourth-order valence-electron chi connectivity index (χ4n) is 1.89. The molecule has 0 unspecified atom stereocenters. The van der Waals surface area contributed by atoms with Crippen LogP contribution in [0.1, 0.15) is 31.2 Å². The number of rotatable bonds is 5. The molecule has 0 atom stereocenters. The lowest BCUT2D eigenvalue weighted by atomic mass is 9.93. The number of anilines is 1. The highest BCUT2D eigenvalue weighted by molar-refractivity contribution is 5.46. The van der Waals surface area contributed by atoms with Crippen molar-refractivity contribution in [3.63, 3.8) is 0 Å². The minimum absolute atomic E-state index is 0.278. The van der Waals surface area contributed by atoms with Crippen LogP contribution in [0.2, 0.25) is 0 Å². The Balaban J connectivity index is 1.92. The van der Waals surface area contributed by atoms with Gasteiger partial charge in [-0.05, 0) is 49.8 Å². The van der Waals surface area contributed by atoms with Crippen LogP contribution in [0.3, 0.4) is 0 Å². The SMILES string of the molecule is OCCCc1cccc(NC2CCC2)c1. The molecule has 1 saturated carbocycles. The molecule has 0 bridgehead atoms. The molecule has 2 heteroatoms. The second-order valence-electron chi connectivity index (χ2n) is 4.30. The van der Waals surface area contributed by atoms with Crippen molar-refractivity contribution in [2.45, 2.75) is 38.1 Å². The first kappa shape index (κ1) is 10.5. The zero-order valence-electron chi connectivity index (χ0n) is 9.08. The van der Waals surface area contributed by atoms with E-state index in [9.17, 15) is 0 Å². The molecule has 15 heavy (non-hydrogen) atoms. The molecule has 0 saturated heterocycles. The summed E-state index contributed by atoms with van der Waals surface area (Å²) in [5, 5.41) is 12.3. The van der Waals surface area contributed by atoms with Gasteiger partial charge in [0.2, 0.25) is 0 Å². The second kappa shape index (κ2) is 5.17. The number of hydrogen-bond donors (Lipinski definition) is 2. The highest BCUT2D eigenvalue weighted by atomic mass is 16.2. The Morgan fingerprint density at radius 3 is 2.87 bits per heavy atom. The highest BCUT2D eigenvalue weighted by Crippen LogP contribution is 2.23. The van der Waals surface area contributed by atoms with Crippen molar-refractivity contribution in [2.75, 3.05) is 11.9 Å². The van der Waals surface area contributed by atoms with Crippen LogP contribution in [-0.2, 0) is 6.42 Å². The topological polar surface area (TPSA) is 32.3 Å². The smallest absolute Gasteiger partial charge is 0.0434 e. The van der Waals surface area contributed by atoms with E-state index in [1.54, 1.807) is 0 Å². The Kier molecular flexibility index (Phi) is 3.62. The Bertz CT molecular complexity index is 307. The monoisotopic (exact) mass is 205 g/mol. The zero-order chi connectivity index (χ0) is 10.5. The van der Waals surface area contributed by atoms with E-state index < -0.39 is 0 Å². The van der Waals surface area contributed by atoms with Crippen LogP contribution in [0.25, 0.3) is 0 Å². The largest absolute Gasteiger partial charge is 0.396 e. The van der Waals surface area contributed by atoms with Crippen molar-refractivity contribution in [2.24, 2.45) is 0 Å². The van der Waals surface area contributed by atoms with Gasteiger partial charge in [-0.25, -0.2) is 0 Å². The molecule has 2 rings (SSSR count). The van der Waals surface area contributed by atoms with Gasteiger partial charge in [0.25, 0.3) is 0 Å². The summed E-state index contributed by atoms with van der Waals surface area (Å²) in [5.41, 5.74) is 2.54. The predicted molar refractivity (Wildman–Crippen MR) is 63.1 cm³/mol. The van der Waals surface area contributed by atoms with E-state index in [1.165, 1.54) is 30.5 Å². The maximum absolute atomic E-state index is 8.77. The molecule has 1 aliphatic carbocycles. The predicted octanol–water partition coefficient (Wildman–Crippen LogP) is 2.58. The summed E-state index contributed by atoms with van der Waals surface area (Å²) in [4.78, 5) is 0. The summed E-state index contributed by atoms with van der Waals surface area (Å²) in [6, 6.07) is 9.24. The van der Waals surface area contributed by atoms with Crippen molar-refractivity contribution in [1.82, 2.24) is 0 Å². The van der Waals surface area contributed by atoms with Crippen LogP contribution >= 0.6 is 0 Å². The van der Waals surface area contributed by atoms with Crippen molar-refractivity contribution in [1.29, 1.82) is 0 Å². The lowest BCUT2D eigenvalue weighted by Crippen LogP contribution is -2.26. The van der Waals surface area contributed by atoms with Crippen molar-refractivity contribution in [3.8, 4) is 0 Å². The normalized spacial score (nSPS) is 16.1. The standard InChI is InChI=1S/C13H19NO/c15-9-3-5-11-4-1-8-13(10-11)14-12-6-2-7-12/h1,4,8,10,12,14-15H,2-3,5-7,9H2. The Hall–Kier alpha value is -1.02. The van der Waals surface area contributed by atoms with Crippen molar-refractivity contribution >= 4 is 5.69 Å². The summed E-state index contributed by atoms with van der Waals surface area (Å²) in [6.45, 7) is 0.278. The summed E-state index contributed by atoms with van der Waals surface area (Å²) in [6.07, 6.45) is 5.80. The van der Waals surface area contributed by atoms with E-state index in [-0.39, 0.29) is 6.61 Å². The van der Waals surface area contributed by atoms with E-state index >= 15 is 0 Å². The van der Waals surface area contributed by atoms with Gasteiger partial charge < -0.3 is 10.4 Å². The first-order valence-corrected chi connectivity index (χ1v) is 5.85. The molecular formula is C13H19NO. The van der Waals surface area contributed by atoms with Crippen LogP contribution in [0.15, 0.2) is 24.3 Å². The van der Waals surface area contributed by atoms with Gasteiger partial charge >= 0.3 is 0 Å². The average molecular weight is 205 g/mol. The number of aliphatic hydroxyl groups excluding tert-OH is 1. The molecule has 0 aromatic heterocycles. The Labute approximate surface area is 91.3 Å². The lowest BCUT2D eigenvalue weighted by Gasteiger charge is -2.27. The van der Waals surface area contributed by atoms with E-state index in [0.717, 1.165) is 12.8 Å². The van der Waals surface area contributed by atoms with Gasteiger partial charge in [-0.3, -0.25) is 0 Å². The van der Waals surface area contributed by atoms with Crippen LogP contribution in [-0.4, -0.2) is 17.8 Å². The van der Waals surface area contributed by atoms with Crippen molar-refractivity contribution in [3.05, 3.63) is 29.8 Å². The molecule has 0 amide bonds. The van der Waals surface area contributed by atoms with Gasteiger partial charge in [-0.2, -0.15) is 0 Å². The summed E-state index contributed by atoms with van der Waals surface area (Å²) in [7, 11) is 0. The molecule has 0 radical (unpaired) electrons.